The van der Waals surface area contributed by atoms with E-state index in [0.29, 0.717) is 5.92 Å². The third-order valence-electron chi connectivity index (χ3n) is 12.7. The molecule has 1 aliphatic carbocycles. The summed E-state index contributed by atoms with van der Waals surface area (Å²) in [7, 11) is 0. The Labute approximate surface area is 379 Å². The molecule has 0 aliphatic heterocycles. The van der Waals surface area contributed by atoms with Crippen LogP contribution in [0.2, 0.25) is 0 Å². The highest BCUT2D eigenvalue weighted by Gasteiger charge is 2.18. The zero-order chi connectivity index (χ0) is 43.1. The standard InChI is InChI=1S/C63H51N/c1-46-12-11-19-59(44-46)56-22-20-47(21-23-56)45-63(57-17-9-4-10-18-57)58-30-28-52(29-31-58)55-36-42-62(43-37-55)64(60-38-32-53(33-39-60)49-15-7-3-8-16-49)61-40-34-54(35-41-61)51-26-24-50(25-27-51)48-13-5-2-6-14-48/h2-43,46,63H,44-45H2,1H3. The lowest BCUT2D eigenvalue weighted by atomic mass is 9.84. The van der Waals surface area contributed by atoms with Crippen LogP contribution in [-0.4, -0.2) is 0 Å². The van der Waals surface area contributed by atoms with Gasteiger partial charge in [-0.15, -0.1) is 0 Å². The molecule has 10 rings (SSSR count). The first-order valence-corrected chi connectivity index (χ1v) is 22.5. The van der Waals surface area contributed by atoms with E-state index in [4.69, 9.17) is 0 Å². The molecule has 1 aliphatic rings. The average molecular weight is 822 g/mol. The third kappa shape index (κ3) is 9.07. The van der Waals surface area contributed by atoms with Gasteiger partial charge in [0.15, 0.2) is 0 Å². The van der Waals surface area contributed by atoms with E-state index in [1.165, 1.54) is 72.3 Å². The van der Waals surface area contributed by atoms with Gasteiger partial charge in [-0.05, 0) is 127 Å². The molecule has 0 heterocycles. The Bertz CT molecular complexity index is 2970. The molecule has 9 aromatic rings. The van der Waals surface area contributed by atoms with Crippen LogP contribution in [0.15, 0.2) is 255 Å². The summed E-state index contributed by atoms with van der Waals surface area (Å²) in [5.74, 6) is 0.836. The quantitative estimate of drug-likeness (QED) is 0.119. The Morgan fingerprint density at radius 3 is 1.14 bits per heavy atom. The number of anilines is 3. The monoisotopic (exact) mass is 821 g/mol. The van der Waals surface area contributed by atoms with Crippen molar-refractivity contribution in [1.82, 2.24) is 0 Å². The van der Waals surface area contributed by atoms with Crippen molar-refractivity contribution in [2.45, 2.75) is 25.7 Å². The fraction of sp³-hybridized carbons (Fsp3) is 0.0794. The minimum atomic E-state index is 0.252. The molecule has 9 aromatic carbocycles. The number of hydrogen-bond donors (Lipinski definition) is 0. The van der Waals surface area contributed by atoms with Gasteiger partial charge in [0, 0.05) is 23.0 Å². The maximum atomic E-state index is 2.35. The van der Waals surface area contributed by atoms with E-state index < -0.39 is 0 Å². The summed E-state index contributed by atoms with van der Waals surface area (Å²) in [5.41, 5.74) is 19.7. The van der Waals surface area contributed by atoms with E-state index in [2.05, 4.69) is 267 Å². The van der Waals surface area contributed by atoms with Crippen LogP contribution in [0, 0.1) is 5.92 Å². The first-order chi connectivity index (χ1) is 31.6. The average Bonchev–Trinajstić information content (AvgIpc) is 3.37. The Morgan fingerprint density at radius 2 is 0.719 bits per heavy atom. The Balaban J connectivity index is 0.912. The Morgan fingerprint density at radius 1 is 0.375 bits per heavy atom. The summed E-state index contributed by atoms with van der Waals surface area (Å²) in [5, 5.41) is 0. The molecule has 0 spiro atoms. The van der Waals surface area contributed by atoms with E-state index in [1.807, 2.05) is 0 Å². The molecule has 2 atom stereocenters. The lowest BCUT2D eigenvalue weighted by Gasteiger charge is -2.26. The summed E-state index contributed by atoms with van der Waals surface area (Å²) >= 11 is 0. The van der Waals surface area contributed by atoms with Crippen LogP contribution in [0.3, 0.4) is 0 Å². The van der Waals surface area contributed by atoms with Gasteiger partial charge in [0.2, 0.25) is 0 Å². The second-order valence-electron chi connectivity index (χ2n) is 17.0. The minimum absolute atomic E-state index is 0.252. The predicted octanol–water partition coefficient (Wildman–Crippen LogP) is 17.2. The lowest BCUT2D eigenvalue weighted by molar-refractivity contribution is 0.748. The fourth-order valence-corrected chi connectivity index (χ4v) is 9.14. The molecule has 0 amide bonds. The largest absolute Gasteiger partial charge is 0.311 e. The van der Waals surface area contributed by atoms with Crippen LogP contribution in [0.1, 0.15) is 41.5 Å². The van der Waals surface area contributed by atoms with E-state index in [-0.39, 0.29) is 5.92 Å². The number of allylic oxidation sites excluding steroid dienone is 4. The molecule has 1 nitrogen and oxygen atoms in total. The molecule has 2 unspecified atom stereocenters. The maximum Gasteiger partial charge on any atom is 0.0462 e. The van der Waals surface area contributed by atoms with Crippen LogP contribution in [0.4, 0.5) is 17.1 Å². The van der Waals surface area contributed by atoms with Crippen LogP contribution < -0.4 is 4.90 Å². The molecule has 0 bridgehead atoms. The van der Waals surface area contributed by atoms with E-state index in [0.717, 1.165) is 29.9 Å². The van der Waals surface area contributed by atoms with E-state index in [1.54, 1.807) is 0 Å². The van der Waals surface area contributed by atoms with Crippen LogP contribution in [0.5, 0.6) is 0 Å². The SMILES string of the molecule is CC1C=CC=C(c2ccc(CC(c3ccccc3)c3ccc(-c4ccc(N(c5ccc(-c6ccccc6)cc5)c5ccc(-c6ccc(-c7ccccc7)cc6)cc5)cc4)cc3)cc2)C1. The topological polar surface area (TPSA) is 3.24 Å². The van der Waals surface area contributed by atoms with Gasteiger partial charge in [0.05, 0.1) is 0 Å². The van der Waals surface area contributed by atoms with Crippen molar-refractivity contribution in [2.75, 3.05) is 4.90 Å². The minimum Gasteiger partial charge on any atom is -0.311 e. The van der Waals surface area contributed by atoms with Gasteiger partial charge in [0.1, 0.15) is 0 Å². The smallest absolute Gasteiger partial charge is 0.0462 e. The number of hydrogen-bond acceptors (Lipinski definition) is 1. The zero-order valence-electron chi connectivity index (χ0n) is 36.3. The van der Waals surface area contributed by atoms with Crippen molar-refractivity contribution < 1.29 is 0 Å². The first kappa shape index (κ1) is 40.3. The Kier molecular flexibility index (Phi) is 11.8. The predicted molar refractivity (Wildman–Crippen MR) is 272 cm³/mol. The van der Waals surface area contributed by atoms with Crippen molar-refractivity contribution in [1.29, 1.82) is 0 Å². The van der Waals surface area contributed by atoms with Gasteiger partial charge in [-0.3, -0.25) is 0 Å². The summed E-state index contributed by atoms with van der Waals surface area (Å²) < 4.78 is 0. The molecular weight excluding hydrogens is 771 g/mol. The van der Waals surface area contributed by atoms with Gasteiger partial charge in [-0.2, -0.15) is 0 Å². The summed E-state index contributed by atoms with van der Waals surface area (Å²) in [6.07, 6.45) is 8.80. The normalized spacial score (nSPS) is 13.8. The van der Waals surface area contributed by atoms with Crippen molar-refractivity contribution in [3.05, 3.63) is 277 Å². The fourth-order valence-electron chi connectivity index (χ4n) is 9.14. The summed E-state index contributed by atoms with van der Waals surface area (Å²) in [6.45, 7) is 2.29. The highest BCUT2D eigenvalue weighted by molar-refractivity contribution is 5.81. The molecule has 308 valence electrons. The van der Waals surface area contributed by atoms with Crippen LogP contribution in [-0.2, 0) is 6.42 Å². The molecule has 0 radical (unpaired) electrons. The molecule has 0 fully saturated rings. The second kappa shape index (κ2) is 18.7. The van der Waals surface area contributed by atoms with Gasteiger partial charge in [-0.25, -0.2) is 0 Å². The maximum absolute atomic E-state index is 2.35. The number of rotatable bonds is 12. The van der Waals surface area contributed by atoms with Crippen LogP contribution >= 0.6 is 0 Å². The van der Waals surface area contributed by atoms with Crippen molar-refractivity contribution in [2.24, 2.45) is 5.92 Å². The number of benzene rings is 9. The van der Waals surface area contributed by atoms with Gasteiger partial charge >= 0.3 is 0 Å². The third-order valence-corrected chi connectivity index (χ3v) is 12.7. The second-order valence-corrected chi connectivity index (χ2v) is 17.0. The zero-order valence-corrected chi connectivity index (χ0v) is 36.3. The lowest BCUT2D eigenvalue weighted by Crippen LogP contribution is -2.09. The Hall–Kier alpha value is -7.74. The molecule has 0 saturated carbocycles. The van der Waals surface area contributed by atoms with Crippen molar-refractivity contribution in [3.8, 4) is 44.5 Å². The molecule has 0 saturated heterocycles. The highest BCUT2D eigenvalue weighted by Crippen LogP contribution is 2.39. The van der Waals surface area contributed by atoms with Crippen molar-refractivity contribution in [3.63, 3.8) is 0 Å². The van der Waals surface area contributed by atoms with Gasteiger partial charge in [-0.1, -0.05) is 225 Å². The molecular formula is C63H51N. The summed E-state index contributed by atoms with van der Waals surface area (Å²) in [4.78, 5) is 2.35. The summed E-state index contributed by atoms with van der Waals surface area (Å²) in [6, 6.07) is 86.3. The first-order valence-electron chi connectivity index (χ1n) is 22.5. The van der Waals surface area contributed by atoms with E-state index >= 15 is 0 Å². The molecule has 64 heavy (non-hydrogen) atoms. The van der Waals surface area contributed by atoms with Crippen LogP contribution in [0.25, 0.3) is 50.1 Å². The molecule has 1 heteroatoms. The molecule has 0 aromatic heterocycles. The van der Waals surface area contributed by atoms with Crippen molar-refractivity contribution >= 4 is 22.6 Å². The van der Waals surface area contributed by atoms with Gasteiger partial charge in [0.25, 0.3) is 0 Å². The van der Waals surface area contributed by atoms with Gasteiger partial charge < -0.3 is 4.90 Å². The molecule has 0 N–H and O–H groups in total. The highest BCUT2D eigenvalue weighted by atomic mass is 15.1. The van der Waals surface area contributed by atoms with E-state index in [9.17, 15) is 0 Å². The number of nitrogens with zero attached hydrogens (tertiary/aromatic N) is 1.